The predicted molar refractivity (Wildman–Crippen MR) is 103 cm³/mol. The number of likely N-dealkylation sites (N-methyl/N-ethyl adjacent to an activating group) is 1. The van der Waals surface area contributed by atoms with Crippen LogP contribution in [0.15, 0.2) is 0 Å². The normalized spacial score (nSPS) is 12.4. The lowest BCUT2D eigenvalue weighted by molar-refractivity contribution is -0.150. The van der Waals surface area contributed by atoms with E-state index in [2.05, 4.69) is 0 Å². The van der Waals surface area contributed by atoms with Crippen molar-refractivity contribution in [3.05, 3.63) is 0 Å². The first-order valence-electron chi connectivity index (χ1n) is 9.90. The molecule has 0 heterocycles. The van der Waals surface area contributed by atoms with E-state index in [1.807, 2.05) is 30.7 Å². The van der Waals surface area contributed by atoms with E-state index < -0.39 is 0 Å². The minimum atomic E-state index is -0.267. The number of rotatable bonds is 17. The highest BCUT2D eigenvalue weighted by molar-refractivity contribution is 5.69. The van der Waals surface area contributed by atoms with E-state index in [0.717, 1.165) is 13.0 Å². The van der Waals surface area contributed by atoms with Crippen molar-refractivity contribution in [1.82, 2.24) is 9.80 Å². The summed E-state index contributed by atoms with van der Waals surface area (Å²) in [6.07, 6.45) is 2.57. The Hall–Kier alpha value is -1.22. The third-order valence-electron chi connectivity index (χ3n) is 4.13. The monoisotopic (exact) mass is 390 g/mol. The predicted octanol–water partition coefficient (Wildman–Crippen LogP) is 0.650. The van der Waals surface area contributed by atoms with Gasteiger partial charge in [-0.1, -0.05) is 6.92 Å². The van der Waals surface area contributed by atoms with E-state index in [1.165, 1.54) is 0 Å². The molecule has 0 aromatic rings. The Kier molecular flexibility index (Phi) is 16.2. The van der Waals surface area contributed by atoms with Gasteiger partial charge in [-0.25, -0.2) is 0 Å². The average molecular weight is 391 g/mol. The summed E-state index contributed by atoms with van der Waals surface area (Å²) in [5.41, 5.74) is 0. The van der Waals surface area contributed by atoms with E-state index in [-0.39, 0.29) is 37.7 Å². The highest BCUT2D eigenvalue weighted by Crippen LogP contribution is 2.05. The van der Waals surface area contributed by atoms with Crippen molar-refractivity contribution in [3.8, 4) is 0 Å². The molecule has 160 valence electrons. The molecule has 0 aromatic carbocycles. The van der Waals surface area contributed by atoms with Crippen molar-refractivity contribution in [1.29, 1.82) is 0 Å². The molecule has 2 N–H and O–H groups in total. The highest BCUT2D eigenvalue weighted by atomic mass is 16.5. The van der Waals surface area contributed by atoms with Crippen LogP contribution in [0.2, 0.25) is 0 Å². The molecule has 8 heteroatoms. The molecule has 0 aliphatic rings. The largest absolute Gasteiger partial charge is 0.466 e. The van der Waals surface area contributed by atoms with Crippen LogP contribution in [0.3, 0.4) is 0 Å². The Morgan fingerprint density at radius 2 is 1.67 bits per heavy atom. The Morgan fingerprint density at radius 1 is 0.963 bits per heavy atom. The van der Waals surface area contributed by atoms with Crippen molar-refractivity contribution in [2.45, 2.75) is 52.1 Å². The first-order valence-corrected chi connectivity index (χ1v) is 9.90. The number of carbonyl (C=O) groups is 2. The van der Waals surface area contributed by atoms with Crippen LogP contribution < -0.4 is 0 Å². The van der Waals surface area contributed by atoms with Gasteiger partial charge in [0.25, 0.3) is 0 Å². The zero-order valence-electron chi connectivity index (χ0n) is 17.2. The number of hydrogen-bond donors (Lipinski definition) is 2. The Labute approximate surface area is 163 Å². The fourth-order valence-corrected chi connectivity index (χ4v) is 2.50. The SMILES string of the molecule is CCCC(=O)OCCCC(C)OC(=O)CCN(CCO)CCN(C)CCO. The van der Waals surface area contributed by atoms with Gasteiger partial charge in [0, 0.05) is 39.1 Å². The van der Waals surface area contributed by atoms with Crippen LogP contribution >= 0.6 is 0 Å². The van der Waals surface area contributed by atoms with Crippen molar-refractivity contribution < 1.29 is 29.3 Å². The van der Waals surface area contributed by atoms with Gasteiger partial charge >= 0.3 is 11.9 Å². The Balaban J connectivity index is 3.96. The molecule has 0 fully saturated rings. The van der Waals surface area contributed by atoms with Crippen LogP contribution in [0, 0.1) is 0 Å². The minimum Gasteiger partial charge on any atom is -0.466 e. The van der Waals surface area contributed by atoms with Gasteiger partial charge in [-0.3, -0.25) is 14.5 Å². The van der Waals surface area contributed by atoms with E-state index in [1.54, 1.807) is 0 Å². The van der Waals surface area contributed by atoms with Crippen LogP contribution in [-0.4, -0.2) is 97.6 Å². The lowest BCUT2D eigenvalue weighted by Gasteiger charge is -2.24. The van der Waals surface area contributed by atoms with Crippen LogP contribution in [0.5, 0.6) is 0 Å². The molecule has 27 heavy (non-hydrogen) atoms. The number of aliphatic hydroxyl groups excluding tert-OH is 2. The summed E-state index contributed by atoms with van der Waals surface area (Å²) in [5, 5.41) is 18.1. The zero-order valence-corrected chi connectivity index (χ0v) is 17.2. The topological polar surface area (TPSA) is 99.5 Å². The Bertz CT molecular complexity index is 394. The first kappa shape index (κ1) is 25.8. The van der Waals surface area contributed by atoms with E-state index in [9.17, 15) is 9.59 Å². The number of hydrogen-bond acceptors (Lipinski definition) is 8. The summed E-state index contributed by atoms with van der Waals surface area (Å²) in [6, 6.07) is 0. The maximum atomic E-state index is 12.0. The summed E-state index contributed by atoms with van der Waals surface area (Å²) in [6.45, 7) is 7.34. The van der Waals surface area contributed by atoms with Gasteiger partial charge in [-0.15, -0.1) is 0 Å². The fourth-order valence-electron chi connectivity index (χ4n) is 2.50. The minimum absolute atomic E-state index is 0.0336. The third-order valence-corrected chi connectivity index (χ3v) is 4.13. The van der Waals surface area contributed by atoms with E-state index >= 15 is 0 Å². The lowest BCUT2D eigenvalue weighted by atomic mass is 10.2. The van der Waals surface area contributed by atoms with Crippen molar-refractivity contribution in [3.63, 3.8) is 0 Å². The molecule has 1 atom stereocenters. The quantitative estimate of drug-likeness (QED) is 0.276. The first-order chi connectivity index (χ1) is 12.9. The van der Waals surface area contributed by atoms with Gasteiger partial charge in [0.05, 0.1) is 32.3 Å². The summed E-state index contributed by atoms with van der Waals surface area (Å²) >= 11 is 0. The Morgan fingerprint density at radius 3 is 2.30 bits per heavy atom. The van der Waals surface area contributed by atoms with E-state index in [0.29, 0.717) is 52.0 Å². The summed E-state index contributed by atoms with van der Waals surface area (Å²) in [7, 11) is 1.92. The molecule has 0 spiro atoms. The second-order valence-corrected chi connectivity index (χ2v) is 6.76. The highest BCUT2D eigenvalue weighted by Gasteiger charge is 2.13. The second kappa shape index (κ2) is 16.9. The number of ether oxygens (including phenoxy) is 2. The molecule has 0 aliphatic heterocycles. The zero-order chi connectivity index (χ0) is 20.5. The molecule has 0 rings (SSSR count). The third kappa shape index (κ3) is 15.5. The van der Waals surface area contributed by atoms with Crippen molar-refractivity contribution in [2.24, 2.45) is 0 Å². The number of nitrogens with zero attached hydrogens (tertiary/aromatic N) is 2. The van der Waals surface area contributed by atoms with Gasteiger partial charge in [-0.2, -0.15) is 0 Å². The second-order valence-electron chi connectivity index (χ2n) is 6.76. The van der Waals surface area contributed by atoms with Gasteiger partial charge < -0.3 is 24.6 Å². The summed E-state index contributed by atoms with van der Waals surface area (Å²) in [4.78, 5) is 27.2. The number of aliphatic hydroxyl groups is 2. The standard InChI is InChI=1S/C19H38N2O6/c1-4-6-18(24)26-16-5-7-17(2)27-19(25)8-9-21(13-15-23)11-10-20(3)12-14-22/h17,22-23H,4-16H2,1-3H3. The molecule has 0 saturated heterocycles. The lowest BCUT2D eigenvalue weighted by Crippen LogP contribution is -2.37. The summed E-state index contributed by atoms with van der Waals surface area (Å²) in [5.74, 6) is -0.451. The summed E-state index contributed by atoms with van der Waals surface area (Å²) < 4.78 is 10.5. The average Bonchev–Trinajstić information content (AvgIpc) is 2.61. The number of carbonyl (C=O) groups excluding carboxylic acids is 2. The number of esters is 2. The molecule has 0 amide bonds. The maximum absolute atomic E-state index is 12.0. The molecule has 0 radical (unpaired) electrons. The molecule has 0 bridgehead atoms. The van der Waals surface area contributed by atoms with Gasteiger partial charge in [0.15, 0.2) is 0 Å². The molecule has 0 aliphatic carbocycles. The molecule has 1 unspecified atom stereocenters. The van der Waals surface area contributed by atoms with E-state index in [4.69, 9.17) is 19.7 Å². The van der Waals surface area contributed by atoms with Crippen molar-refractivity contribution in [2.75, 3.05) is 59.6 Å². The van der Waals surface area contributed by atoms with Crippen LogP contribution in [0.4, 0.5) is 0 Å². The van der Waals surface area contributed by atoms with Crippen LogP contribution in [0.1, 0.15) is 46.0 Å². The van der Waals surface area contributed by atoms with Gasteiger partial charge in [0.2, 0.25) is 0 Å². The van der Waals surface area contributed by atoms with Gasteiger partial charge in [-0.05, 0) is 33.2 Å². The smallest absolute Gasteiger partial charge is 0.307 e. The molecular weight excluding hydrogens is 352 g/mol. The van der Waals surface area contributed by atoms with Crippen molar-refractivity contribution >= 4 is 11.9 Å². The molecule has 0 aromatic heterocycles. The van der Waals surface area contributed by atoms with Crippen LogP contribution in [0.25, 0.3) is 0 Å². The maximum Gasteiger partial charge on any atom is 0.307 e. The fraction of sp³-hybridized carbons (Fsp3) is 0.895. The molecule has 0 saturated carbocycles. The molecular formula is C19H38N2O6. The van der Waals surface area contributed by atoms with Gasteiger partial charge in [0.1, 0.15) is 0 Å². The molecule has 8 nitrogen and oxygen atoms in total. The van der Waals surface area contributed by atoms with Crippen LogP contribution in [-0.2, 0) is 19.1 Å².